The van der Waals surface area contributed by atoms with Crippen LogP contribution in [0.4, 0.5) is 18.3 Å². The molecule has 178 valence electrons. The van der Waals surface area contributed by atoms with Gasteiger partial charge in [-0.3, -0.25) is 4.72 Å². The van der Waals surface area contributed by atoms with Crippen LogP contribution in [-0.4, -0.2) is 33.9 Å². The smallest absolute Gasteiger partial charge is 0.406 e. The molecule has 0 radical (unpaired) electrons. The molecule has 0 bridgehead atoms. The second-order valence-corrected chi connectivity index (χ2v) is 12.1. The quantitative estimate of drug-likeness (QED) is 0.414. The van der Waals surface area contributed by atoms with E-state index in [1.54, 1.807) is 6.07 Å². The zero-order chi connectivity index (χ0) is 24.3. The normalized spacial score (nSPS) is 12.5. The standard InChI is InChI=1S/C19H16ClF3N2O5S3/c20-17-12-24-18(31-17)25-33(28,29)16-8-6-15(7-9-16)32(26,27)10-2-4-13-3-1-5-14(11-13)30-19(21,22)23/h1,3,5-9,11-12H,2,4,10H2,(H,24,25). The maximum absolute atomic E-state index is 12.6. The highest BCUT2D eigenvalue weighted by Crippen LogP contribution is 2.26. The molecular formula is C19H16ClF3N2O5S3. The predicted molar refractivity (Wildman–Crippen MR) is 118 cm³/mol. The van der Waals surface area contributed by atoms with Gasteiger partial charge in [-0.1, -0.05) is 35.1 Å². The van der Waals surface area contributed by atoms with Crippen molar-refractivity contribution >= 4 is 47.9 Å². The van der Waals surface area contributed by atoms with E-state index in [1.807, 2.05) is 0 Å². The number of aryl methyl sites for hydroxylation is 1. The largest absolute Gasteiger partial charge is 0.573 e. The molecule has 7 nitrogen and oxygen atoms in total. The number of sulfone groups is 1. The Hall–Kier alpha value is -2.35. The van der Waals surface area contributed by atoms with Crippen LogP contribution in [0.3, 0.4) is 0 Å². The number of halogens is 4. The van der Waals surface area contributed by atoms with Crippen molar-refractivity contribution in [2.24, 2.45) is 0 Å². The summed E-state index contributed by atoms with van der Waals surface area (Å²) >= 11 is 6.66. The van der Waals surface area contributed by atoms with E-state index in [1.165, 1.54) is 30.5 Å². The van der Waals surface area contributed by atoms with Gasteiger partial charge in [-0.15, -0.1) is 13.2 Å². The second-order valence-electron chi connectivity index (χ2n) is 6.66. The fraction of sp³-hybridized carbons (Fsp3) is 0.211. The molecule has 0 saturated heterocycles. The van der Waals surface area contributed by atoms with Gasteiger partial charge in [0.15, 0.2) is 15.0 Å². The lowest BCUT2D eigenvalue weighted by atomic mass is 10.1. The third-order valence-electron chi connectivity index (χ3n) is 4.20. The number of anilines is 1. The van der Waals surface area contributed by atoms with Crippen molar-refractivity contribution in [1.29, 1.82) is 0 Å². The zero-order valence-electron chi connectivity index (χ0n) is 16.5. The van der Waals surface area contributed by atoms with E-state index in [-0.39, 0.29) is 39.3 Å². The Bertz CT molecular complexity index is 1330. The van der Waals surface area contributed by atoms with Crippen molar-refractivity contribution in [3.05, 3.63) is 64.6 Å². The second kappa shape index (κ2) is 9.87. The molecule has 0 unspecified atom stereocenters. The number of hydrogen-bond donors (Lipinski definition) is 1. The summed E-state index contributed by atoms with van der Waals surface area (Å²) in [5, 5.41) is 0.0707. The van der Waals surface area contributed by atoms with Gasteiger partial charge in [0.25, 0.3) is 10.0 Å². The molecule has 0 spiro atoms. The van der Waals surface area contributed by atoms with E-state index >= 15 is 0 Å². The van der Waals surface area contributed by atoms with Gasteiger partial charge in [0.2, 0.25) is 0 Å². The van der Waals surface area contributed by atoms with Gasteiger partial charge in [-0.25, -0.2) is 21.8 Å². The van der Waals surface area contributed by atoms with Gasteiger partial charge in [-0.05, 0) is 54.8 Å². The Kier molecular flexibility index (Phi) is 7.56. The Morgan fingerprint density at radius 1 is 1.03 bits per heavy atom. The highest BCUT2D eigenvalue weighted by atomic mass is 35.5. The lowest BCUT2D eigenvalue weighted by Gasteiger charge is -2.10. The first-order valence-corrected chi connectivity index (χ1v) is 13.5. The Labute approximate surface area is 197 Å². The number of rotatable bonds is 9. The third-order valence-corrected chi connectivity index (χ3v) is 8.53. The van der Waals surface area contributed by atoms with Crippen LogP contribution < -0.4 is 9.46 Å². The molecule has 3 rings (SSSR count). The van der Waals surface area contributed by atoms with Gasteiger partial charge in [-0.2, -0.15) is 0 Å². The number of hydrogen-bond acceptors (Lipinski definition) is 7. The van der Waals surface area contributed by atoms with E-state index in [0.717, 1.165) is 29.5 Å². The van der Waals surface area contributed by atoms with Crippen molar-refractivity contribution in [1.82, 2.24) is 4.98 Å². The summed E-state index contributed by atoms with van der Waals surface area (Å²) in [6.45, 7) is 0. The summed E-state index contributed by atoms with van der Waals surface area (Å²) in [7, 11) is -7.72. The number of benzene rings is 2. The van der Waals surface area contributed by atoms with Crippen LogP contribution in [0.2, 0.25) is 4.34 Å². The maximum atomic E-state index is 12.6. The molecule has 0 aliphatic heterocycles. The van der Waals surface area contributed by atoms with E-state index in [9.17, 15) is 30.0 Å². The van der Waals surface area contributed by atoms with Gasteiger partial charge >= 0.3 is 6.36 Å². The average Bonchev–Trinajstić information content (AvgIpc) is 3.11. The van der Waals surface area contributed by atoms with Gasteiger partial charge < -0.3 is 4.74 Å². The summed E-state index contributed by atoms with van der Waals surface area (Å²) in [4.78, 5) is 3.57. The molecule has 0 saturated carbocycles. The van der Waals surface area contributed by atoms with Crippen LogP contribution in [0, 0.1) is 0 Å². The van der Waals surface area contributed by atoms with Gasteiger partial charge in [0.05, 0.1) is 21.7 Å². The molecule has 0 aliphatic carbocycles. The minimum Gasteiger partial charge on any atom is -0.406 e. The molecule has 2 aromatic carbocycles. The molecule has 33 heavy (non-hydrogen) atoms. The lowest BCUT2D eigenvalue weighted by Crippen LogP contribution is -2.17. The first-order valence-electron chi connectivity index (χ1n) is 9.16. The number of aromatic nitrogens is 1. The van der Waals surface area contributed by atoms with Crippen molar-refractivity contribution in [2.75, 3.05) is 10.5 Å². The Balaban J connectivity index is 1.62. The van der Waals surface area contributed by atoms with E-state index in [2.05, 4.69) is 14.4 Å². The van der Waals surface area contributed by atoms with Gasteiger partial charge in [0.1, 0.15) is 10.1 Å². The Morgan fingerprint density at radius 2 is 1.70 bits per heavy atom. The van der Waals surface area contributed by atoms with Gasteiger partial charge in [0, 0.05) is 0 Å². The third kappa shape index (κ3) is 7.32. The van der Waals surface area contributed by atoms with Crippen molar-refractivity contribution in [2.45, 2.75) is 29.0 Å². The lowest BCUT2D eigenvalue weighted by molar-refractivity contribution is -0.274. The maximum Gasteiger partial charge on any atom is 0.573 e. The summed E-state index contributed by atoms with van der Waals surface area (Å²) in [5.41, 5.74) is 0.488. The molecule has 0 fully saturated rings. The number of nitrogens with one attached hydrogen (secondary N) is 1. The number of alkyl halides is 3. The van der Waals surface area contributed by atoms with Crippen LogP contribution >= 0.6 is 22.9 Å². The van der Waals surface area contributed by atoms with E-state index < -0.39 is 26.2 Å². The number of thiazole rings is 1. The number of nitrogens with zero attached hydrogens (tertiary/aromatic N) is 1. The van der Waals surface area contributed by atoms with Crippen LogP contribution in [0.5, 0.6) is 5.75 Å². The molecule has 0 atom stereocenters. The number of ether oxygens (including phenoxy) is 1. The monoisotopic (exact) mass is 540 g/mol. The first kappa shape index (κ1) is 25.3. The summed E-state index contributed by atoms with van der Waals surface area (Å²) in [5.74, 6) is -0.660. The fourth-order valence-electron chi connectivity index (χ4n) is 2.78. The van der Waals surface area contributed by atoms with Crippen molar-refractivity contribution in [3.63, 3.8) is 0 Å². The molecule has 3 aromatic rings. The van der Waals surface area contributed by atoms with Crippen molar-refractivity contribution < 1.29 is 34.7 Å². The van der Waals surface area contributed by atoms with Crippen LogP contribution in [-0.2, 0) is 26.3 Å². The topological polar surface area (TPSA) is 102 Å². The highest BCUT2D eigenvalue weighted by molar-refractivity contribution is 7.93. The molecule has 1 aromatic heterocycles. The van der Waals surface area contributed by atoms with Crippen LogP contribution in [0.25, 0.3) is 0 Å². The van der Waals surface area contributed by atoms with Crippen molar-refractivity contribution in [3.8, 4) is 5.75 Å². The molecule has 14 heteroatoms. The molecule has 0 amide bonds. The van der Waals surface area contributed by atoms with Crippen LogP contribution in [0.15, 0.2) is 64.5 Å². The predicted octanol–water partition coefficient (Wildman–Crippen LogP) is 4.90. The highest BCUT2D eigenvalue weighted by Gasteiger charge is 2.31. The van der Waals surface area contributed by atoms with E-state index in [0.29, 0.717) is 9.90 Å². The first-order chi connectivity index (χ1) is 15.3. The molecule has 1 N–H and O–H groups in total. The zero-order valence-corrected chi connectivity index (χ0v) is 19.7. The Morgan fingerprint density at radius 3 is 2.30 bits per heavy atom. The molecular weight excluding hydrogens is 525 g/mol. The summed E-state index contributed by atoms with van der Waals surface area (Å²) in [6.07, 6.45) is -3.17. The minimum absolute atomic E-state index is 0.0707. The minimum atomic E-state index is -4.82. The molecule has 1 heterocycles. The van der Waals surface area contributed by atoms with Crippen LogP contribution in [0.1, 0.15) is 12.0 Å². The summed E-state index contributed by atoms with van der Waals surface area (Å²) in [6, 6.07) is 9.97. The fourth-order valence-corrected chi connectivity index (χ4v) is 6.15. The van der Waals surface area contributed by atoms with E-state index in [4.69, 9.17) is 11.6 Å². The summed E-state index contributed by atoms with van der Waals surface area (Å²) < 4.78 is 93.3. The SMILES string of the molecule is O=S(=O)(CCCc1cccc(OC(F)(F)F)c1)c1ccc(S(=O)(=O)Nc2ncc(Cl)s2)cc1. The molecule has 0 aliphatic rings. The average molecular weight is 541 g/mol. The number of sulfonamides is 1.